The van der Waals surface area contributed by atoms with Crippen molar-refractivity contribution in [3.8, 4) is 11.5 Å². The third kappa shape index (κ3) is 5.94. The normalized spacial score (nSPS) is 10.7. The van der Waals surface area contributed by atoms with E-state index in [1.165, 1.54) is 18.9 Å². The van der Waals surface area contributed by atoms with Gasteiger partial charge in [-0.05, 0) is 35.9 Å². The average molecular weight is 480 g/mol. The summed E-state index contributed by atoms with van der Waals surface area (Å²) in [5.41, 5.74) is 1.54. The molecule has 0 spiro atoms. The molecule has 0 aliphatic carbocycles. The summed E-state index contributed by atoms with van der Waals surface area (Å²) in [6, 6.07) is 24.6. The van der Waals surface area contributed by atoms with Crippen LogP contribution >= 0.6 is 23.4 Å². The van der Waals surface area contributed by atoms with Crippen molar-refractivity contribution in [3.63, 3.8) is 0 Å². The summed E-state index contributed by atoms with van der Waals surface area (Å²) in [6.07, 6.45) is 0. The van der Waals surface area contributed by atoms with Crippen LogP contribution in [-0.2, 0) is 13.2 Å². The van der Waals surface area contributed by atoms with Gasteiger partial charge in [-0.1, -0.05) is 71.9 Å². The first kappa shape index (κ1) is 22.9. The summed E-state index contributed by atoms with van der Waals surface area (Å²) in [4.78, 5) is 12.9. The molecule has 3 aromatic carbocycles. The molecule has 0 unspecified atom stereocenters. The van der Waals surface area contributed by atoms with E-state index < -0.39 is 0 Å². The lowest BCUT2D eigenvalue weighted by atomic mass is 10.1. The number of hydrogen-bond donors (Lipinski definition) is 0. The molecular weight excluding hydrogens is 458 g/mol. The number of rotatable bonds is 10. The summed E-state index contributed by atoms with van der Waals surface area (Å²) in [6.45, 7) is 0.832. The van der Waals surface area contributed by atoms with E-state index >= 15 is 0 Å². The molecule has 33 heavy (non-hydrogen) atoms. The smallest absolute Gasteiger partial charge is 0.192 e. The molecule has 0 amide bonds. The number of para-hydroxylation sites is 1. The number of thioether (sulfide) groups is 1. The van der Waals surface area contributed by atoms with Crippen LogP contribution in [0.25, 0.3) is 0 Å². The minimum Gasteiger partial charge on any atom is -0.496 e. The van der Waals surface area contributed by atoms with Crippen LogP contribution in [0.15, 0.2) is 84.0 Å². The zero-order valence-electron chi connectivity index (χ0n) is 18.0. The van der Waals surface area contributed by atoms with E-state index in [0.717, 1.165) is 11.3 Å². The Morgan fingerprint density at radius 1 is 1.00 bits per heavy atom. The highest BCUT2D eigenvalue weighted by Gasteiger charge is 2.18. The lowest BCUT2D eigenvalue weighted by molar-refractivity contribution is 0.101. The first-order valence-electron chi connectivity index (χ1n) is 10.3. The predicted octanol–water partition coefficient (Wildman–Crippen LogP) is 5.54. The summed E-state index contributed by atoms with van der Waals surface area (Å²) in [7, 11) is 1.53. The second kappa shape index (κ2) is 11.0. The van der Waals surface area contributed by atoms with Gasteiger partial charge in [0.2, 0.25) is 0 Å². The Labute approximate surface area is 201 Å². The van der Waals surface area contributed by atoms with Gasteiger partial charge in [-0.3, -0.25) is 9.36 Å². The topological polar surface area (TPSA) is 66.2 Å². The highest BCUT2D eigenvalue weighted by atomic mass is 35.5. The van der Waals surface area contributed by atoms with Crippen molar-refractivity contribution in [2.24, 2.45) is 0 Å². The number of Topliss-reactive ketones (excluding diaryl/α,β-unsaturated/α-hetero) is 1. The van der Waals surface area contributed by atoms with Gasteiger partial charge in [-0.2, -0.15) is 0 Å². The van der Waals surface area contributed by atoms with Gasteiger partial charge in [0.25, 0.3) is 0 Å². The van der Waals surface area contributed by atoms with Crippen molar-refractivity contribution in [2.75, 3.05) is 12.9 Å². The monoisotopic (exact) mass is 479 g/mol. The highest BCUT2D eigenvalue weighted by Crippen LogP contribution is 2.26. The molecule has 0 fully saturated rings. The molecule has 4 aromatic rings. The van der Waals surface area contributed by atoms with Crippen molar-refractivity contribution in [2.45, 2.75) is 18.3 Å². The Kier molecular flexibility index (Phi) is 7.65. The minimum atomic E-state index is -0.101. The van der Waals surface area contributed by atoms with E-state index in [4.69, 9.17) is 21.1 Å². The number of benzene rings is 3. The van der Waals surface area contributed by atoms with Crippen molar-refractivity contribution < 1.29 is 14.3 Å². The van der Waals surface area contributed by atoms with Crippen molar-refractivity contribution in [3.05, 3.63) is 101 Å². The molecular formula is C25H22ClN3O3S. The molecule has 0 aliphatic heterocycles. The van der Waals surface area contributed by atoms with E-state index in [0.29, 0.717) is 33.9 Å². The number of ketones is 1. The van der Waals surface area contributed by atoms with Crippen LogP contribution in [0.3, 0.4) is 0 Å². The van der Waals surface area contributed by atoms with E-state index in [-0.39, 0.29) is 18.1 Å². The zero-order chi connectivity index (χ0) is 23.0. The van der Waals surface area contributed by atoms with Gasteiger partial charge in [0.05, 0.1) is 25.0 Å². The SMILES string of the molecule is COc1ccc(Cl)cc1C(=O)CSc1nnc(COc2ccccc2)n1Cc1ccccc1. The number of carbonyl (C=O) groups is 1. The van der Waals surface area contributed by atoms with Crippen molar-refractivity contribution >= 4 is 29.1 Å². The molecule has 0 atom stereocenters. The standard InChI is InChI=1S/C25H22ClN3O3S/c1-31-23-13-12-19(26)14-21(23)22(30)17-33-25-28-27-24(16-32-20-10-6-3-7-11-20)29(25)15-18-8-4-2-5-9-18/h2-14H,15-17H2,1H3. The number of hydrogen-bond acceptors (Lipinski definition) is 6. The fraction of sp³-hybridized carbons (Fsp3) is 0.160. The van der Waals surface area contributed by atoms with Crippen LogP contribution in [-0.4, -0.2) is 33.4 Å². The lowest BCUT2D eigenvalue weighted by Gasteiger charge is -2.12. The zero-order valence-corrected chi connectivity index (χ0v) is 19.6. The third-order valence-electron chi connectivity index (χ3n) is 4.88. The molecule has 0 saturated carbocycles. The molecule has 8 heteroatoms. The van der Waals surface area contributed by atoms with Gasteiger partial charge in [0.15, 0.2) is 16.8 Å². The lowest BCUT2D eigenvalue weighted by Crippen LogP contribution is -2.11. The Morgan fingerprint density at radius 3 is 2.45 bits per heavy atom. The van der Waals surface area contributed by atoms with Gasteiger partial charge in [0, 0.05) is 5.02 Å². The largest absolute Gasteiger partial charge is 0.496 e. The predicted molar refractivity (Wildman–Crippen MR) is 129 cm³/mol. The average Bonchev–Trinajstić information content (AvgIpc) is 3.23. The molecule has 0 N–H and O–H groups in total. The van der Waals surface area contributed by atoms with Gasteiger partial charge in [0.1, 0.15) is 18.1 Å². The van der Waals surface area contributed by atoms with E-state index in [2.05, 4.69) is 10.2 Å². The number of carbonyl (C=O) groups excluding carboxylic acids is 1. The van der Waals surface area contributed by atoms with Crippen molar-refractivity contribution in [1.29, 1.82) is 0 Å². The van der Waals surface area contributed by atoms with Crippen LogP contribution in [0.4, 0.5) is 0 Å². The molecule has 168 valence electrons. The molecule has 4 rings (SSSR count). The van der Waals surface area contributed by atoms with Crippen LogP contribution in [0.2, 0.25) is 5.02 Å². The number of nitrogens with zero attached hydrogens (tertiary/aromatic N) is 3. The van der Waals surface area contributed by atoms with Gasteiger partial charge in [-0.15, -0.1) is 10.2 Å². The van der Waals surface area contributed by atoms with E-state index in [1.807, 2.05) is 65.2 Å². The molecule has 6 nitrogen and oxygen atoms in total. The quantitative estimate of drug-likeness (QED) is 0.220. The molecule has 0 bridgehead atoms. The van der Waals surface area contributed by atoms with E-state index in [1.54, 1.807) is 18.2 Å². The van der Waals surface area contributed by atoms with Crippen molar-refractivity contribution in [1.82, 2.24) is 14.8 Å². The first-order valence-corrected chi connectivity index (χ1v) is 11.6. The fourth-order valence-electron chi connectivity index (χ4n) is 3.23. The van der Waals surface area contributed by atoms with E-state index in [9.17, 15) is 4.79 Å². The summed E-state index contributed by atoms with van der Waals surface area (Å²) in [5.74, 6) is 1.99. The second-order valence-corrected chi connectivity index (χ2v) is 8.51. The van der Waals surface area contributed by atoms with Gasteiger partial charge >= 0.3 is 0 Å². The van der Waals surface area contributed by atoms with Crippen LogP contribution in [0.5, 0.6) is 11.5 Å². The Morgan fingerprint density at radius 2 is 1.73 bits per heavy atom. The third-order valence-corrected chi connectivity index (χ3v) is 6.08. The minimum absolute atomic E-state index is 0.101. The molecule has 0 radical (unpaired) electrons. The van der Waals surface area contributed by atoms with Gasteiger partial charge < -0.3 is 9.47 Å². The van der Waals surface area contributed by atoms with Crippen LogP contribution < -0.4 is 9.47 Å². The van der Waals surface area contributed by atoms with Crippen LogP contribution in [0.1, 0.15) is 21.7 Å². The Balaban J connectivity index is 1.53. The first-order chi connectivity index (χ1) is 16.1. The fourth-order valence-corrected chi connectivity index (χ4v) is 4.24. The summed E-state index contributed by atoms with van der Waals surface area (Å²) in [5, 5.41) is 9.79. The molecule has 1 heterocycles. The number of ether oxygens (including phenoxy) is 2. The maximum atomic E-state index is 12.9. The molecule has 1 aromatic heterocycles. The number of halogens is 1. The van der Waals surface area contributed by atoms with Gasteiger partial charge in [-0.25, -0.2) is 0 Å². The Bertz CT molecular complexity index is 1220. The maximum absolute atomic E-state index is 12.9. The number of aromatic nitrogens is 3. The second-order valence-electron chi connectivity index (χ2n) is 7.13. The Hall–Kier alpha value is -3.29. The number of methoxy groups -OCH3 is 1. The van der Waals surface area contributed by atoms with Crippen LogP contribution in [0, 0.1) is 0 Å². The molecule has 0 saturated heterocycles. The summed E-state index contributed by atoms with van der Waals surface area (Å²) < 4.78 is 13.2. The maximum Gasteiger partial charge on any atom is 0.192 e. The highest BCUT2D eigenvalue weighted by molar-refractivity contribution is 7.99. The summed E-state index contributed by atoms with van der Waals surface area (Å²) >= 11 is 7.41. The molecule has 0 aliphatic rings.